The molecule has 1 heterocycles. The molecule has 0 amide bonds. The van der Waals surface area contributed by atoms with Gasteiger partial charge in [0.1, 0.15) is 5.82 Å². The van der Waals surface area contributed by atoms with Crippen LogP contribution in [0.2, 0.25) is 0 Å². The second-order valence-electron chi connectivity index (χ2n) is 4.03. The Morgan fingerprint density at radius 1 is 1.42 bits per heavy atom. The van der Waals surface area contributed by atoms with Crippen molar-refractivity contribution in [3.8, 4) is 0 Å². The fourth-order valence-electron chi connectivity index (χ4n) is 1.80. The number of non-ortho nitro benzene ring substituents is 1. The van der Waals surface area contributed by atoms with E-state index in [0.29, 0.717) is 12.2 Å². The van der Waals surface area contributed by atoms with E-state index in [-0.39, 0.29) is 5.69 Å². The van der Waals surface area contributed by atoms with Gasteiger partial charge in [-0.05, 0) is 29.5 Å². The third kappa shape index (κ3) is 3.29. The zero-order valence-corrected chi connectivity index (χ0v) is 11.2. The van der Waals surface area contributed by atoms with E-state index in [0.717, 1.165) is 17.4 Å². The lowest BCUT2D eigenvalue weighted by atomic mass is 10.2. The number of rotatable bonds is 5. The summed E-state index contributed by atoms with van der Waals surface area (Å²) in [6, 6.07) is 5.55. The van der Waals surface area contributed by atoms with Crippen LogP contribution in [-0.2, 0) is 13.0 Å². The fourth-order valence-corrected chi connectivity index (χ4v) is 2.72. The molecule has 0 saturated carbocycles. The van der Waals surface area contributed by atoms with E-state index in [2.05, 4.69) is 18.3 Å². The second kappa shape index (κ2) is 5.79. The molecular weight excluding hydrogens is 267 g/mol. The van der Waals surface area contributed by atoms with E-state index in [1.807, 2.05) is 5.38 Å². The first-order chi connectivity index (χ1) is 9.10. The van der Waals surface area contributed by atoms with Gasteiger partial charge in [0, 0.05) is 23.2 Å². The van der Waals surface area contributed by atoms with Gasteiger partial charge in [-0.25, -0.2) is 4.39 Å². The van der Waals surface area contributed by atoms with Crippen LogP contribution in [0.3, 0.4) is 0 Å². The van der Waals surface area contributed by atoms with Crippen LogP contribution in [0.4, 0.5) is 15.8 Å². The molecule has 2 rings (SSSR count). The largest absolute Gasteiger partial charge is 0.380 e. The summed E-state index contributed by atoms with van der Waals surface area (Å²) in [6.45, 7) is 2.61. The number of anilines is 1. The molecule has 4 nitrogen and oxygen atoms in total. The van der Waals surface area contributed by atoms with Crippen molar-refractivity contribution in [1.82, 2.24) is 0 Å². The molecule has 0 fully saturated rings. The average molecular weight is 280 g/mol. The van der Waals surface area contributed by atoms with E-state index in [9.17, 15) is 14.5 Å². The van der Waals surface area contributed by atoms with Crippen molar-refractivity contribution in [2.45, 2.75) is 19.9 Å². The number of thiophene rings is 1. The molecule has 6 heteroatoms. The third-order valence-corrected chi connectivity index (χ3v) is 3.73. The summed E-state index contributed by atoms with van der Waals surface area (Å²) in [7, 11) is 0. The minimum atomic E-state index is -0.612. The SMILES string of the molecule is CCc1ccsc1CNc1cc(F)cc([N+](=O)[O-])c1. The van der Waals surface area contributed by atoms with Gasteiger partial charge in [0.05, 0.1) is 11.0 Å². The van der Waals surface area contributed by atoms with Gasteiger partial charge in [-0.1, -0.05) is 6.92 Å². The predicted molar refractivity (Wildman–Crippen MR) is 74.1 cm³/mol. The Kier molecular flexibility index (Phi) is 4.11. The number of nitro benzene ring substituents is 1. The van der Waals surface area contributed by atoms with Crippen molar-refractivity contribution in [2.24, 2.45) is 0 Å². The van der Waals surface area contributed by atoms with Gasteiger partial charge < -0.3 is 5.32 Å². The highest BCUT2D eigenvalue weighted by atomic mass is 32.1. The van der Waals surface area contributed by atoms with Gasteiger partial charge in [-0.2, -0.15) is 0 Å². The number of benzene rings is 1. The first-order valence-electron chi connectivity index (χ1n) is 5.84. The Balaban J connectivity index is 2.13. The lowest BCUT2D eigenvalue weighted by molar-refractivity contribution is -0.385. The lowest BCUT2D eigenvalue weighted by Crippen LogP contribution is -2.01. The van der Waals surface area contributed by atoms with Gasteiger partial charge in [0.25, 0.3) is 5.69 Å². The molecule has 0 bridgehead atoms. The number of hydrogen-bond acceptors (Lipinski definition) is 4. The Hall–Kier alpha value is -1.95. The number of hydrogen-bond donors (Lipinski definition) is 1. The van der Waals surface area contributed by atoms with Gasteiger partial charge in [0.2, 0.25) is 0 Å². The maximum atomic E-state index is 13.3. The van der Waals surface area contributed by atoms with Crippen LogP contribution in [-0.4, -0.2) is 4.92 Å². The summed E-state index contributed by atoms with van der Waals surface area (Å²) in [5.74, 6) is -0.612. The molecule has 0 saturated heterocycles. The molecule has 0 aliphatic heterocycles. The molecule has 0 aliphatic rings. The van der Waals surface area contributed by atoms with E-state index in [1.165, 1.54) is 17.7 Å². The summed E-state index contributed by atoms with van der Waals surface area (Å²) >= 11 is 1.62. The van der Waals surface area contributed by atoms with Gasteiger partial charge in [-0.3, -0.25) is 10.1 Å². The van der Waals surface area contributed by atoms with Crippen molar-refractivity contribution in [1.29, 1.82) is 0 Å². The Labute approximate surface area is 114 Å². The molecule has 100 valence electrons. The summed E-state index contributed by atoms with van der Waals surface area (Å²) in [5, 5.41) is 15.7. The van der Waals surface area contributed by atoms with Crippen LogP contribution in [0.15, 0.2) is 29.6 Å². The topological polar surface area (TPSA) is 55.2 Å². The van der Waals surface area contributed by atoms with Crippen LogP contribution in [0.25, 0.3) is 0 Å². The molecule has 2 aromatic rings. The molecule has 1 N–H and O–H groups in total. The zero-order valence-electron chi connectivity index (χ0n) is 10.4. The number of aryl methyl sites for hydroxylation is 1. The van der Waals surface area contributed by atoms with Crippen LogP contribution < -0.4 is 5.32 Å². The fraction of sp³-hybridized carbons (Fsp3) is 0.231. The quantitative estimate of drug-likeness (QED) is 0.666. The lowest BCUT2D eigenvalue weighted by Gasteiger charge is -2.06. The highest BCUT2D eigenvalue weighted by Gasteiger charge is 2.10. The Bertz CT molecular complexity index is 598. The Morgan fingerprint density at radius 2 is 2.21 bits per heavy atom. The van der Waals surface area contributed by atoms with E-state index in [4.69, 9.17) is 0 Å². The molecule has 0 aliphatic carbocycles. The predicted octanol–water partition coefficient (Wildman–Crippen LogP) is 3.97. The maximum Gasteiger partial charge on any atom is 0.274 e. The molecule has 0 unspecified atom stereocenters. The van der Waals surface area contributed by atoms with Gasteiger partial charge in [0.15, 0.2) is 0 Å². The Morgan fingerprint density at radius 3 is 2.89 bits per heavy atom. The normalized spacial score (nSPS) is 10.4. The van der Waals surface area contributed by atoms with E-state index >= 15 is 0 Å². The number of nitrogens with zero attached hydrogens (tertiary/aromatic N) is 1. The number of halogens is 1. The second-order valence-corrected chi connectivity index (χ2v) is 5.03. The third-order valence-electron chi connectivity index (χ3n) is 2.77. The van der Waals surface area contributed by atoms with Gasteiger partial charge >= 0.3 is 0 Å². The molecule has 1 aromatic carbocycles. The molecule has 1 aromatic heterocycles. The van der Waals surface area contributed by atoms with Crippen LogP contribution in [0, 0.1) is 15.9 Å². The standard InChI is InChI=1S/C13H13FN2O2S/c1-2-9-3-4-19-13(9)8-15-11-5-10(14)6-12(7-11)16(17)18/h3-7,15H,2,8H2,1H3. The van der Waals surface area contributed by atoms with Crippen LogP contribution >= 0.6 is 11.3 Å². The smallest absolute Gasteiger partial charge is 0.274 e. The summed E-state index contributed by atoms with van der Waals surface area (Å²) in [6.07, 6.45) is 0.934. The van der Waals surface area contributed by atoms with E-state index < -0.39 is 10.7 Å². The van der Waals surface area contributed by atoms with Crippen molar-refractivity contribution >= 4 is 22.7 Å². The first-order valence-corrected chi connectivity index (χ1v) is 6.72. The molecule has 19 heavy (non-hydrogen) atoms. The molecule has 0 spiro atoms. The van der Waals surface area contributed by atoms with Crippen molar-refractivity contribution in [3.05, 3.63) is 56.0 Å². The molecular formula is C13H13FN2O2S. The summed E-state index contributed by atoms with van der Waals surface area (Å²) in [4.78, 5) is 11.2. The molecule has 0 atom stereocenters. The first kappa shape index (κ1) is 13.5. The van der Waals surface area contributed by atoms with Crippen LogP contribution in [0.1, 0.15) is 17.4 Å². The highest BCUT2D eigenvalue weighted by molar-refractivity contribution is 7.10. The van der Waals surface area contributed by atoms with Crippen LogP contribution in [0.5, 0.6) is 0 Å². The number of nitrogens with one attached hydrogen (secondary N) is 1. The van der Waals surface area contributed by atoms with Crippen molar-refractivity contribution < 1.29 is 9.31 Å². The minimum Gasteiger partial charge on any atom is -0.380 e. The highest BCUT2D eigenvalue weighted by Crippen LogP contribution is 2.23. The zero-order chi connectivity index (χ0) is 13.8. The van der Waals surface area contributed by atoms with Gasteiger partial charge in [-0.15, -0.1) is 11.3 Å². The monoisotopic (exact) mass is 280 g/mol. The minimum absolute atomic E-state index is 0.246. The van der Waals surface area contributed by atoms with Crippen molar-refractivity contribution in [3.63, 3.8) is 0 Å². The summed E-state index contributed by atoms with van der Waals surface area (Å²) in [5.41, 5.74) is 1.41. The maximum absolute atomic E-state index is 13.3. The summed E-state index contributed by atoms with van der Waals surface area (Å²) < 4.78 is 13.3. The number of nitro groups is 1. The van der Waals surface area contributed by atoms with Crippen molar-refractivity contribution in [2.75, 3.05) is 5.32 Å². The molecule has 0 radical (unpaired) electrons. The average Bonchev–Trinajstić information content (AvgIpc) is 2.83. The van der Waals surface area contributed by atoms with E-state index in [1.54, 1.807) is 11.3 Å².